The summed E-state index contributed by atoms with van der Waals surface area (Å²) in [5, 5.41) is 12.0. The number of benzene rings is 2. The Morgan fingerprint density at radius 2 is 1.79 bits per heavy atom. The molecule has 0 unspecified atom stereocenters. The second kappa shape index (κ2) is 7.97. The molecule has 0 aliphatic heterocycles. The minimum Gasteiger partial charge on any atom is -0.480 e. The summed E-state index contributed by atoms with van der Waals surface area (Å²) >= 11 is 3.09. The van der Waals surface area contributed by atoms with E-state index in [-0.39, 0.29) is 22.0 Å². The lowest BCUT2D eigenvalue weighted by molar-refractivity contribution is -0.139. The molecule has 144 valence electrons. The number of rotatable bonds is 5. The Kier molecular flexibility index (Phi) is 5.64. The average molecular weight is 453 g/mol. The molecule has 3 aromatic rings. The molecule has 0 aliphatic carbocycles. The van der Waals surface area contributed by atoms with E-state index in [0.29, 0.717) is 5.39 Å². The Balaban J connectivity index is 1.95. The molecule has 1 aromatic heterocycles. The van der Waals surface area contributed by atoms with Crippen molar-refractivity contribution < 1.29 is 27.9 Å². The number of amides is 1. The molecular formula is C19H12BrF3N2O3. The fourth-order valence-corrected chi connectivity index (χ4v) is 3.21. The summed E-state index contributed by atoms with van der Waals surface area (Å²) in [5.74, 6) is -5.55. The number of hydrogen-bond donors (Lipinski definition) is 2. The number of pyridine rings is 1. The van der Waals surface area contributed by atoms with Crippen molar-refractivity contribution in [2.24, 2.45) is 0 Å². The van der Waals surface area contributed by atoms with Gasteiger partial charge in [-0.2, -0.15) is 0 Å². The first-order valence-electron chi connectivity index (χ1n) is 7.99. The lowest BCUT2D eigenvalue weighted by Gasteiger charge is -2.17. The lowest BCUT2D eigenvalue weighted by Crippen LogP contribution is -2.43. The zero-order chi connectivity index (χ0) is 20.4. The first-order valence-corrected chi connectivity index (χ1v) is 8.78. The number of hydrogen-bond acceptors (Lipinski definition) is 3. The molecule has 0 aliphatic rings. The van der Waals surface area contributed by atoms with Crippen molar-refractivity contribution in [2.45, 2.75) is 12.5 Å². The number of aromatic nitrogens is 1. The van der Waals surface area contributed by atoms with E-state index in [9.17, 15) is 27.9 Å². The van der Waals surface area contributed by atoms with Crippen LogP contribution in [0.15, 0.2) is 47.1 Å². The quantitative estimate of drug-likeness (QED) is 0.616. The standard InChI is InChI=1S/C19H12BrF3N2O3/c20-16-13(23)7-9(10-3-2-6-24-17(10)16)8-14(19(27)28)25-18(26)15-11(21)4-1-5-12(15)22/h1-7,14H,8H2,(H,25,26)(H,27,28)/t14-/m0/s1. The fraction of sp³-hybridized carbons (Fsp3) is 0.105. The van der Waals surface area contributed by atoms with Gasteiger partial charge in [0.05, 0.1) is 9.99 Å². The Bertz CT molecular complexity index is 1070. The molecule has 0 radical (unpaired) electrons. The monoisotopic (exact) mass is 452 g/mol. The Morgan fingerprint density at radius 1 is 1.11 bits per heavy atom. The molecule has 9 heteroatoms. The molecular weight excluding hydrogens is 441 g/mol. The minimum absolute atomic E-state index is 0.121. The van der Waals surface area contributed by atoms with E-state index in [2.05, 4.69) is 26.2 Å². The minimum atomic E-state index is -1.55. The summed E-state index contributed by atoms with van der Waals surface area (Å²) < 4.78 is 41.8. The van der Waals surface area contributed by atoms with Gasteiger partial charge in [0.15, 0.2) is 0 Å². The third-order valence-corrected chi connectivity index (χ3v) is 4.84. The maximum atomic E-state index is 14.2. The van der Waals surface area contributed by atoms with Gasteiger partial charge in [0.2, 0.25) is 0 Å². The van der Waals surface area contributed by atoms with Crippen LogP contribution in [0.5, 0.6) is 0 Å². The molecule has 0 fully saturated rings. The maximum Gasteiger partial charge on any atom is 0.326 e. The molecule has 1 atom stereocenters. The number of carbonyl (C=O) groups is 2. The van der Waals surface area contributed by atoms with Crippen LogP contribution in [-0.2, 0) is 11.2 Å². The van der Waals surface area contributed by atoms with Crippen LogP contribution in [0, 0.1) is 17.5 Å². The number of halogens is 4. The van der Waals surface area contributed by atoms with E-state index in [4.69, 9.17) is 0 Å². The molecule has 5 nitrogen and oxygen atoms in total. The van der Waals surface area contributed by atoms with Gasteiger partial charge in [-0.3, -0.25) is 9.78 Å². The van der Waals surface area contributed by atoms with Crippen LogP contribution < -0.4 is 5.32 Å². The predicted molar refractivity (Wildman–Crippen MR) is 98.4 cm³/mol. The van der Waals surface area contributed by atoms with Crippen molar-refractivity contribution in [3.8, 4) is 0 Å². The molecule has 2 aromatic carbocycles. The van der Waals surface area contributed by atoms with Crippen LogP contribution in [-0.4, -0.2) is 28.0 Å². The van der Waals surface area contributed by atoms with Crippen molar-refractivity contribution >= 4 is 38.7 Å². The highest BCUT2D eigenvalue weighted by molar-refractivity contribution is 9.10. The highest BCUT2D eigenvalue weighted by Crippen LogP contribution is 2.29. The van der Waals surface area contributed by atoms with Gasteiger partial charge >= 0.3 is 5.97 Å². The SMILES string of the molecule is O=C(N[C@@H](Cc1cc(F)c(Br)c2ncccc12)C(=O)O)c1c(F)cccc1F. The molecule has 0 spiro atoms. The number of nitrogens with one attached hydrogen (secondary N) is 1. The van der Waals surface area contributed by atoms with Crippen molar-refractivity contribution in [1.29, 1.82) is 0 Å². The van der Waals surface area contributed by atoms with E-state index in [0.717, 1.165) is 24.3 Å². The van der Waals surface area contributed by atoms with Gasteiger partial charge in [-0.05, 0) is 45.8 Å². The molecule has 0 saturated carbocycles. The lowest BCUT2D eigenvalue weighted by atomic mass is 10.0. The van der Waals surface area contributed by atoms with Crippen LogP contribution in [0.1, 0.15) is 15.9 Å². The first-order chi connectivity index (χ1) is 13.3. The Hall–Kier alpha value is -2.94. The number of nitrogens with zero attached hydrogens (tertiary/aromatic N) is 1. The van der Waals surface area contributed by atoms with Gasteiger partial charge in [0.1, 0.15) is 29.1 Å². The van der Waals surface area contributed by atoms with Crippen LogP contribution in [0.4, 0.5) is 13.2 Å². The zero-order valence-corrected chi connectivity index (χ0v) is 15.6. The average Bonchev–Trinajstić information content (AvgIpc) is 2.65. The molecule has 1 amide bonds. The topological polar surface area (TPSA) is 79.3 Å². The van der Waals surface area contributed by atoms with E-state index >= 15 is 0 Å². The highest BCUT2D eigenvalue weighted by Gasteiger charge is 2.26. The van der Waals surface area contributed by atoms with Gasteiger partial charge in [-0.1, -0.05) is 12.1 Å². The molecule has 0 bridgehead atoms. The maximum absolute atomic E-state index is 14.2. The van der Waals surface area contributed by atoms with E-state index in [1.54, 1.807) is 12.1 Å². The number of carboxylic acid groups (broad SMARTS) is 1. The molecule has 3 rings (SSSR count). The van der Waals surface area contributed by atoms with Crippen molar-refractivity contribution in [2.75, 3.05) is 0 Å². The fourth-order valence-electron chi connectivity index (χ4n) is 2.78. The number of fused-ring (bicyclic) bond motifs is 1. The van der Waals surface area contributed by atoms with Crippen LogP contribution >= 0.6 is 15.9 Å². The number of aliphatic carboxylic acids is 1. The summed E-state index contributed by atoms with van der Waals surface area (Å²) in [6.07, 6.45) is 1.14. The molecule has 1 heterocycles. The number of carboxylic acids is 1. The van der Waals surface area contributed by atoms with E-state index in [1.165, 1.54) is 6.20 Å². The van der Waals surface area contributed by atoms with Crippen LogP contribution in [0.2, 0.25) is 0 Å². The van der Waals surface area contributed by atoms with Gasteiger partial charge in [-0.25, -0.2) is 18.0 Å². The normalized spacial score (nSPS) is 12.0. The van der Waals surface area contributed by atoms with Crippen LogP contribution in [0.3, 0.4) is 0 Å². The summed E-state index contributed by atoms with van der Waals surface area (Å²) in [5.41, 5.74) is -0.333. The summed E-state index contributed by atoms with van der Waals surface area (Å²) in [4.78, 5) is 27.9. The predicted octanol–water partition coefficient (Wildman–Crippen LogP) is 3.84. The van der Waals surface area contributed by atoms with Crippen LogP contribution in [0.25, 0.3) is 10.9 Å². The van der Waals surface area contributed by atoms with Crippen molar-refractivity contribution in [3.05, 3.63) is 75.6 Å². The number of carbonyl (C=O) groups excluding carboxylic acids is 1. The molecule has 0 saturated heterocycles. The van der Waals surface area contributed by atoms with Gasteiger partial charge in [-0.15, -0.1) is 0 Å². The first kappa shape index (κ1) is 19.8. The smallest absolute Gasteiger partial charge is 0.326 e. The van der Waals surface area contributed by atoms with Gasteiger partial charge in [0.25, 0.3) is 5.91 Å². The van der Waals surface area contributed by atoms with Crippen molar-refractivity contribution in [3.63, 3.8) is 0 Å². The third kappa shape index (κ3) is 3.84. The molecule has 28 heavy (non-hydrogen) atoms. The Labute approximate surface area is 165 Å². The van der Waals surface area contributed by atoms with E-state index in [1.807, 2.05) is 0 Å². The van der Waals surface area contributed by atoms with Gasteiger partial charge in [0, 0.05) is 18.0 Å². The summed E-state index contributed by atoms with van der Waals surface area (Å²) in [7, 11) is 0. The zero-order valence-electron chi connectivity index (χ0n) is 14.0. The highest BCUT2D eigenvalue weighted by atomic mass is 79.9. The summed E-state index contributed by atoms with van der Waals surface area (Å²) in [6.45, 7) is 0. The van der Waals surface area contributed by atoms with E-state index < -0.39 is 40.9 Å². The largest absolute Gasteiger partial charge is 0.480 e. The second-order valence-corrected chi connectivity index (χ2v) is 6.69. The van der Waals surface area contributed by atoms with Crippen molar-refractivity contribution in [1.82, 2.24) is 10.3 Å². The third-order valence-electron chi connectivity index (χ3n) is 4.09. The second-order valence-electron chi connectivity index (χ2n) is 5.90. The summed E-state index contributed by atoms with van der Waals surface area (Å²) in [6, 6.07) is 5.65. The molecule has 2 N–H and O–H groups in total. The van der Waals surface area contributed by atoms with Gasteiger partial charge < -0.3 is 10.4 Å². The Morgan fingerprint density at radius 3 is 2.43 bits per heavy atom.